The minimum absolute atomic E-state index is 0.0498. The molecule has 0 bridgehead atoms. The number of aliphatic hydroxyl groups is 2. The zero-order valence-electron chi connectivity index (χ0n) is 4.63. The highest BCUT2D eigenvalue weighted by molar-refractivity contribution is 6.41. The number of ketones is 2. The lowest BCUT2D eigenvalue weighted by Crippen LogP contribution is -2.35. The van der Waals surface area contributed by atoms with Crippen LogP contribution in [-0.2, 0) is 9.59 Å². The van der Waals surface area contributed by atoms with Gasteiger partial charge < -0.3 is 10.2 Å². The van der Waals surface area contributed by atoms with Crippen molar-refractivity contribution in [3.8, 4) is 0 Å². The fourth-order valence-electron chi connectivity index (χ4n) is 0.738. The van der Waals surface area contributed by atoms with Crippen LogP contribution in [0.3, 0.4) is 0 Å². The van der Waals surface area contributed by atoms with E-state index in [2.05, 4.69) is 0 Å². The Hall–Kier alpha value is -0.740. The molecule has 1 fully saturated rings. The van der Waals surface area contributed by atoms with Gasteiger partial charge in [-0.3, -0.25) is 9.59 Å². The second-order valence-electron chi connectivity index (χ2n) is 2.07. The first-order valence-electron chi connectivity index (χ1n) is 2.56. The normalized spacial score (nSPS) is 25.1. The second-order valence-corrected chi connectivity index (χ2v) is 2.07. The maximum Gasteiger partial charge on any atom is 0.257 e. The number of rotatable bonds is 0. The highest BCUT2D eigenvalue weighted by Crippen LogP contribution is 2.19. The Bertz CT molecular complexity index is 170. The van der Waals surface area contributed by atoms with Crippen LogP contribution in [0.4, 0.5) is 0 Å². The van der Waals surface area contributed by atoms with Gasteiger partial charge in [-0.05, 0) is 0 Å². The highest BCUT2D eigenvalue weighted by Gasteiger charge is 2.44. The molecule has 0 spiro atoms. The Morgan fingerprint density at radius 2 is 1.89 bits per heavy atom. The standard InChI is InChI=1S/C5H6O4/c6-3-1-2-5(8,9)4(3)7/h8-9H,1-2H2. The largest absolute Gasteiger partial charge is 0.359 e. The van der Waals surface area contributed by atoms with Crippen LogP contribution in [0.2, 0.25) is 0 Å². The van der Waals surface area contributed by atoms with Crippen LogP contribution >= 0.6 is 0 Å². The van der Waals surface area contributed by atoms with Crippen LogP contribution in [0.25, 0.3) is 0 Å². The minimum Gasteiger partial charge on any atom is -0.359 e. The number of carbonyl (C=O) groups is 2. The summed E-state index contributed by atoms with van der Waals surface area (Å²) in [6, 6.07) is 0. The van der Waals surface area contributed by atoms with E-state index < -0.39 is 17.4 Å². The van der Waals surface area contributed by atoms with Crippen molar-refractivity contribution in [1.29, 1.82) is 0 Å². The molecule has 0 aromatic rings. The van der Waals surface area contributed by atoms with Crippen molar-refractivity contribution in [1.82, 2.24) is 0 Å². The molecule has 9 heavy (non-hydrogen) atoms. The summed E-state index contributed by atoms with van der Waals surface area (Å²) in [6.45, 7) is 0. The molecule has 4 heteroatoms. The predicted octanol–water partition coefficient (Wildman–Crippen LogP) is -1.40. The molecule has 4 nitrogen and oxygen atoms in total. The van der Waals surface area contributed by atoms with Crippen molar-refractivity contribution in [3.05, 3.63) is 0 Å². The molecule has 1 rings (SSSR count). The lowest BCUT2D eigenvalue weighted by molar-refractivity contribution is -0.176. The zero-order chi connectivity index (χ0) is 7.07. The molecular weight excluding hydrogens is 124 g/mol. The summed E-state index contributed by atoms with van der Waals surface area (Å²) in [4.78, 5) is 20.7. The van der Waals surface area contributed by atoms with Gasteiger partial charge in [0.15, 0.2) is 0 Å². The van der Waals surface area contributed by atoms with Crippen LogP contribution in [0.15, 0.2) is 0 Å². The fraction of sp³-hybridized carbons (Fsp3) is 0.600. The number of hydrogen-bond donors (Lipinski definition) is 2. The zero-order valence-corrected chi connectivity index (χ0v) is 4.63. The number of hydrogen-bond acceptors (Lipinski definition) is 4. The van der Waals surface area contributed by atoms with Gasteiger partial charge in [0.1, 0.15) is 0 Å². The molecule has 0 atom stereocenters. The van der Waals surface area contributed by atoms with E-state index in [9.17, 15) is 9.59 Å². The molecule has 0 amide bonds. The first-order valence-corrected chi connectivity index (χ1v) is 2.56. The predicted molar refractivity (Wildman–Crippen MR) is 26.4 cm³/mol. The third kappa shape index (κ3) is 0.863. The number of Topliss-reactive ketones (excluding diaryl/α,β-unsaturated/α-hetero) is 2. The summed E-state index contributed by atoms with van der Waals surface area (Å²) < 4.78 is 0. The summed E-state index contributed by atoms with van der Waals surface area (Å²) in [5.74, 6) is -4.14. The van der Waals surface area contributed by atoms with Gasteiger partial charge in [-0.15, -0.1) is 0 Å². The van der Waals surface area contributed by atoms with Crippen molar-refractivity contribution in [3.63, 3.8) is 0 Å². The van der Waals surface area contributed by atoms with Gasteiger partial charge >= 0.3 is 0 Å². The van der Waals surface area contributed by atoms with Gasteiger partial charge in [-0.2, -0.15) is 0 Å². The van der Waals surface area contributed by atoms with E-state index in [1.807, 2.05) is 0 Å². The van der Waals surface area contributed by atoms with Gasteiger partial charge in [0.25, 0.3) is 5.78 Å². The Labute approximate surface area is 51.1 Å². The van der Waals surface area contributed by atoms with Crippen molar-refractivity contribution in [2.75, 3.05) is 0 Å². The van der Waals surface area contributed by atoms with Crippen LogP contribution in [0.5, 0.6) is 0 Å². The summed E-state index contributed by atoms with van der Waals surface area (Å²) >= 11 is 0. The Balaban J connectivity index is 2.86. The lowest BCUT2D eigenvalue weighted by Gasteiger charge is -2.08. The van der Waals surface area contributed by atoms with E-state index in [-0.39, 0.29) is 12.8 Å². The third-order valence-corrected chi connectivity index (χ3v) is 1.32. The fourth-order valence-corrected chi connectivity index (χ4v) is 0.738. The maximum atomic E-state index is 10.4. The van der Waals surface area contributed by atoms with Crippen molar-refractivity contribution < 1.29 is 19.8 Å². The van der Waals surface area contributed by atoms with Crippen LogP contribution in [-0.4, -0.2) is 27.6 Å². The van der Waals surface area contributed by atoms with E-state index in [1.165, 1.54) is 0 Å². The topological polar surface area (TPSA) is 74.6 Å². The SMILES string of the molecule is O=C1CCC(O)(O)C1=O. The second kappa shape index (κ2) is 1.62. The first kappa shape index (κ1) is 6.38. The molecule has 0 aromatic carbocycles. The highest BCUT2D eigenvalue weighted by atomic mass is 16.5. The monoisotopic (exact) mass is 130 g/mol. The average Bonchev–Trinajstić information content (AvgIpc) is 1.97. The average molecular weight is 130 g/mol. The summed E-state index contributed by atoms with van der Waals surface area (Å²) in [6.07, 6.45) is -0.212. The minimum atomic E-state index is -2.36. The van der Waals surface area contributed by atoms with Gasteiger partial charge in [0.2, 0.25) is 11.6 Å². The van der Waals surface area contributed by atoms with E-state index >= 15 is 0 Å². The van der Waals surface area contributed by atoms with Crippen LogP contribution < -0.4 is 0 Å². The molecule has 0 aromatic heterocycles. The van der Waals surface area contributed by atoms with E-state index in [0.29, 0.717) is 0 Å². The molecule has 0 unspecified atom stereocenters. The molecule has 1 saturated carbocycles. The molecule has 0 radical (unpaired) electrons. The van der Waals surface area contributed by atoms with E-state index in [4.69, 9.17) is 10.2 Å². The van der Waals surface area contributed by atoms with Crippen LogP contribution in [0, 0.1) is 0 Å². The lowest BCUT2D eigenvalue weighted by atomic mass is 10.2. The van der Waals surface area contributed by atoms with E-state index in [0.717, 1.165) is 0 Å². The van der Waals surface area contributed by atoms with Gasteiger partial charge in [0.05, 0.1) is 0 Å². The molecule has 1 aliphatic rings. The molecule has 50 valence electrons. The smallest absolute Gasteiger partial charge is 0.257 e. The summed E-state index contributed by atoms with van der Waals surface area (Å²) in [7, 11) is 0. The molecule has 1 aliphatic carbocycles. The van der Waals surface area contributed by atoms with Crippen molar-refractivity contribution in [2.45, 2.75) is 18.6 Å². The van der Waals surface area contributed by atoms with Gasteiger partial charge in [-0.25, -0.2) is 0 Å². The molecule has 0 heterocycles. The summed E-state index contributed by atoms with van der Waals surface area (Å²) in [5, 5.41) is 17.2. The summed E-state index contributed by atoms with van der Waals surface area (Å²) in [5.41, 5.74) is 0. The molecule has 2 N–H and O–H groups in total. The third-order valence-electron chi connectivity index (χ3n) is 1.32. The van der Waals surface area contributed by atoms with Gasteiger partial charge in [-0.1, -0.05) is 0 Å². The van der Waals surface area contributed by atoms with Crippen molar-refractivity contribution >= 4 is 11.6 Å². The van der Waals surface area contributed by atoms with E-state index in [1.54, 1.807) is 0 Å². The van der Waals surface area contributed by atoms with Gasteiger partial charge in [0, 0.05) is 12.8 Å². The quantitative estimate of drug-likeness (QED) is 0.312. The maximum absolute atomic E-state index is 10.4. The Morgan fingerprint density at radius 1 is 1.33 bits per heavy atom. The molecule has 0 aliphatic heterocycles. The number of carbonyl (C=O) groups excluding carboxylic acids is 2. The Kier molecular flexibility index (Phi) is 1.15. The van der Waals surface area contributed by atoms with Crippen LogP contribution in [0.1, 0.15) is 12.8 Å². The molecule has 0 saturated heterocycles. The Morgan fingerprint density at radius 3 is 2.00 bits per heavy atom. The molecular formula is C5H6O4. The van der Waals surface area contributed by atoms with Crippen molar-refractivity contribution in [2.24, 2.45) is 0 Å². The first-order chi connectivity index (χ1) is 4.04.